The maximum absolute atomic E-state index is 12.2. The van der Waals surface area contributed by atoms with Crippen LogP contribution in [0.5, 0.6) is 0 Å². The van der Waals surface area contributed by atoms with Gasteiger partial charge in [-0.05, 0) is 31.0 Å². The molecule has 2 atom stereocenters. The third kappa shape index (κ3) is 3.12. The summed E-state index contributed by atoms with van der Waals surface area (Å²) in [7, 11) is -3.45. The van der Waals surface area contributed by atoms with E-state index in [9.17, 15) is 8.42 Å². The fourth-order valence-electron chi connectivity index (χ4n) is 1.91. The second-order valence-electron chi connectivity index (χ2n) is 4.37. The van der Waals surface area contributed by atoms with Gasteiger partial charge in [0.25, 0.3) is 0 Å². The van der Waals surface area contributed by atoms with Gasteiger partial charge in [0.15, 0.2) is 0 Å². The molecule has 18 heavy (non-hydrogen) atoms. The number of nitrogens with one attached hydrogen (secondary N) is 1. The van der Waals surface area contributed by atoms with E-state index < -0.39 is 10.0 Å². The van der Waals surface area contributed by atoms with Crippen molar-refractivity contribution in [3.05, 3.63) is 29.8 Å². The predicted molar refractivity (Wildman–Crippen MR) is 73.2 cm³/mol. The highest BCUT2D eigenvalue weighted by molar-refractivity contribution is 9.08. The molecule has 1 N–H and O–H groups in total. The van der Waals surface area contributed by atoms with Crippen LogP contribution in [0.1, 0.15) is 18.9 Å². The first-order valence-electron chi connectivity index (χ1n) is 5.82. The number of ether oxygens (including phenoxy) is 1. The van der Waals surface area contributed by atoms with Gasteiger partial charge in [-0.15, -0.1) is 0 Å². The molecule has 0 amide bonds. The van der Waals surface area contributed by atoms with Crippen LogP contribution in [0.3, 0.4) is 0 Å². The Balaban J connectivity index is 2.14. The summed E-state index contributed by atoms with van der Waals surface area (Å²) >= 11 is 3.33. The molecule has 2 rings (SSSR count). The van der Waals surface area contributed by atoms with Crippen molar-refractivity contribution in [2.75, 3.05) is 6.61 Å². The van der Waals surface area contributed by atoms with Crippen molar-refractivity contribution in [1.82, 2.24) is 4.72 Å². The minimum absolute atomic E-state index is 0.0680. The number of halogens is 1. The molecule has 1 aliphatic rings. The van der Waals surface area contributed by atoms with Crippen molar-refractivity contribution in [3.8, 4) is 0 Å². The van der Waals surface area contributed by atoms with Crippen molar-refractivity contribution in [1.29, 1.82) is 0 Å². The zero-order chi connectivity index (χ0) is 13.2. The molecule has 0 saturated carbocycles. The molecule has 1 aromatic rings. The van der Waals surface area contributed by atoms with E-state index in [1.165, 1.54) is 0 Å². The lowest BCUT2D eigenvalue weighted by atomic mass is 10.2. The second-order valence-corrected chi connectivity index (χ2v) is 6.64. The molecule has 0 aromatic heterocycles. The Morgan fingerprint density at radius 2 is 2.06 bits per heavy atom. The second kappa shape index (κ2) is 5.69. The first kappa shape index (κ1) is 14.0. The number of alkyl halides is 1. The first-order chi connectivity index (χ1) is 8.53. The summed E-state index contributed by atoms with van der Waals surface area (Å²) in [5.74, 6) is 0. The minimum atomic E-state index is -3.45. The van der Waals surface area contributed by atoms with Gasteiger partial charge in [-0.2, -0.15) is 0 Å². The van der Waals surface area contributed by atoms with E-state index in [0.29, 0.717) is 16.8 Å². The predicted octanol–water partition coefficient (Wildman–Crippen LogP) is 2.04. The maximum Gasteiger partial charge on any atom is 0.240 e. The molecule has 2 unspecified atom stereocenters. The third-order valence-corrected chi connectivity index (χ3v) is 5.22. The van der Waals surface area contributed by atoms with Crippen LogP contribution in [0.25, 0.3) is 0 Å². The average molecular weight is 334 g/mol. The molecule has 4 nitrogen and oxygen atoms in total. The van der Waals surface area contributed by atoms with Gasteiger partial charge in [0.2, 0.25) is 10.0 Å². The molecular weight excluding hydrogens is 318 g/mol. The lowest BCUT2D eigenvalue weighted by molar-refractivity contribution is 0.117. The molecule has 0 spiro atoms. The summed E-state index contributed by atoms with van der Waals surface area (Å²) in [6, 6.07) is 6.72. The highest BCUT2D eigenvalue weighted by atomic mass is 79.9. The SMILES string of the molecule is CC1OCCC1NS(=O)(=O)c1ccc(CBr)cc1. The van der Waals surface area contributed by atoms with Crippen LogP contribution in [0.4, 0.5) is 0 Å². The van der Waals surface area contributed by atoms with E-state index in [-0.39, 0.29) is 12.1 Å². The van der Waals surface area contributed by atoms with E-state index in [1.54, 1.807) is 24.3 Å². The molecule has 0 radical (unpaired) electrons. The number of rotatable bonds is 4. The zero-order valence-electron chi connectivity index (χ0n) is 10.1. The minimum Gasteiger partial charge on any atom is -0.377 e. The van der Waals surface area contributed by atoms with Gasteiger partial charge in [-0.3, -0.25) is 0 Å². The van der Waals surface area contributed by atoms with Crippen molar-refractivity contribution in [2.24, 2.45) is 0 Å². The zero-order valence-corrected chi connectivity index (χ0v) is 12.5. The smallest absolute Gasteiger partial charge is 0.240 e. The lowest BCUT2D eigenvalue weighted by Crippen LogP contribution is -2.39. The van der Waals surface area contributed by atoms with Crippen LogP contribution in [0, 0.1) is 0 Å². The molecule has 0 aliphatic carbocycles. The lowest BCUT2D eigenvalue weighted by Gasteiger charge is -2.16. The molecule has 6 heteroatoms. The van der Waals surface area contributed by atoms with Gasteiger partial charge >= 0.3 is 0 Å². The summed E-state index contributed by atoms with van der Waals surface area (Å²) in [5, 5.41) is 0.717. The van der Waals surface area contributed by atoms with Crippen LogP contribution < -0.4 is 4.72 Å². The maximum atomic E-state index is 12.2. The summed E-state index contributed by atoms with van der Waals surface area (Å²) in [6.45, 7) is 2.49. The first-order valence-corrected chi connectivity index (χ1v) is 8.42. The summed E-state index contributed by atoms with van der Waals surface area (Å²) in [6.07, 6.45) is 0.654. The highest BCUT2D eigenvalue weighted by Crippen LogP contribution is 2.17. The van der Waals surface area contributed by atoms with E-state index in [0.717, 1.165) is 12.0 Å². The topological polar surface area (TPSA) is 55.4 Å². The van der Waals surface area contributed by atoms with Crippen LogP contribution in [0.2, 0.25) is 0 Å². The number of benzene rings is 1. The Kier molecular flexibility index (Phi) is 4.42. The van der Waals surface area contributed by atoms with Gasteiger partial charge < -0.3 is 4.74 Å². The van der Waals surface area contributed by atoms with Crippen molar-refractivity contribution < 1.29 is 13.2 Å². The molecule has 1 aromatic carbocycles. The Morgan fingerprint density at radius 1 is 1.39 bits per heavy atom. The Bertz CT molecular complexity index is 501. The quantitative estimate of drug-likeness (QED) is 0.858. The summed E-state index contributed by atoms with van der Waals surface area (Å²) in [4.78, 5) is 0.298. The summed E-state index contributed by atoms with van der Waals surface area (Å²) in [5.41, 5.74) is 1.05. The van der Waals surface area contributed by atoms with Crippen LogP contribution >= 0.6 is 15.9 Å². The normalized spacial score (nSPS) is 24.3. The van der Waals surface area contributed by atoms with E-state index >= 15 is 0 Å². The fourth-order valence-corrected chi connectivity index (χ4v) is 3.62. The van der Waals surface area contributed by atoms with Gasteiger partial charge in [0.05, 0.1) is 17.0 Å². The van der Waals surface area contributed by atoms with Crippen LogP contribution in [0.15, 0.2) is 29.2 Å². The molecule has 100 valence electrons. The molecule has 1 saturated heterocycles. The molecule has 1 heterocycles. The molecular formula is C12H16BrNO3S. The molecule has 0 bridgehead atoms. The number of hydrogen-bond acceptors (Lipinski definition) is 3. The van der Waals surface area contributed by atoms with Crippen molar-refractivity contribution in [3.63, 3.8) is 0 Å². The van der Waals surface area contributed by atoms with E-state index in [1.807, 2.05) is 6.92 Å². The Hall–Kier alpha value is -0.430. The monoisotopic (exact) mass is 333 g/mol. The summed E-state index contributed by atoms with van der Waals surface area (Å²) < 4.78 is 32.4. The highest BCUT2D eigenvalue weighted by Gasteiger charge is 2.29. The average Bonchev–Trinajstić information content (AvgIpc) is 2.74. The van der Waals surface area contributed by atoms with E-state index in [2.05, 4.69) is 20.7 Å². The Morgan fingerprint density at radius 3 is 2.56 bits per heavy atom. The van der Waals surface area contributed by atoms with Crippen LogP contribution in [-0.4, -0.2) is 27.2 Å². The number of sulfonamides is 1. The molecule has 1 fully saturated rings. The largest absolute Gasteiger partial charge is 0.377 e. The van der Waals surface area contributed by atoms with Gasteiger partial charge in [0.1, 0.15) is 0 Å². The van der Waals surface area contributed by atoms with Gasteiger partial charge in [0, 0.05) is 11.9 Å². The van der Waals surface area contributed by atoms with Crippen LogP contribution in [-0.2, 0) is 20.1 Å². The fraction of sp³-hybridized carbons (Fsp3) is 0.500. The third-order valence-electron chi connectivity index (χ3n) is 3.07. The van der Waals surface area contributed by atoms with Gasteiger partial charge in [-0.1, -0.05) is 28.1 Å². The van der Waals surface area contributed by atoms with Gasteiger partial charge in [-0.25, -0.2) is 13.1 Å². The van der Waals surface area contributed by atoms with Crippen molar-refractivity contribution >= 4 is 26.0 Å². The molecule has 1 aliphatic heterocycles. The standard InChI is InChI=1S/C12H16BrNO3S/c1-9-12(6-7-17-9)14-18(15,16)11-4-2-10(8-13)3-5-11/h2-5,9,12,14H,6-8H2,1H3. The number of hydrogen-bond donors (Lipinski definition) is 1. The van der Waals surface area contributed by atoms with E-state index in [4.69, 9.17) is 4.74 Å². The van der Waals surface area contributed by atoms with Crippen molar-refractivity contribution in [2.45, 2.75) is 35.7 Å². The Labute approximate surface area is 116 Å².